The van der Waals surface area contributed by atoms with Gasteiger partial charge in [-0.2, -0.15) is 8.42 Å². The summed E-state index contributed by atoms with van der Waals surface area (Å²) in [4.78, 5) is 48.9. The van der Waals surface area contributed by atoms with Crippen LogP contribution in [0, 0.1) is 17.0 Å². The summed E-state index contributed by atoms with van der Waals surface area (Å²) in [7, 11) is -1.77. The van der Waals surface area contributed by atoms with Gasteiger partial charge in [0.1, 0.15) is 17.2 Å². The monoisotopic (exact) mass is 647 g/mol. The van der Waals surface area contributed by atoms with Crippen LogP contribution in [-0.4, -0.2) is 56.1 Å². The van der Waals surface area contributed by atoms with Crippen molar-refractivity contribution in [3.63, 3.8) is 0 Å². The first kappa shape index (κ1) is 31.3. The van der Waals surface area contributed by atoms with E-state index < -0.39 is 43.5 Å². The predicted octanol–water partition coefficient (Wildman–Crippen LogP) is 5.02. The lowest BCUT2D eigenvalue weighted by Crippen LogP contribution is -2.36. The lowest BCUT2D eigenvalue weighted by Gasteiger charge is -2.13. The van der Waals surface area contributed by atoms with Gasteiger partial charge in [-0.1, -0.05) is 23.7 Å². The number of carbonyl (C=O) groups is 3. The van der Waals surface area contributed by atoms with E-state index in [9.17, 15) is 32.9 Å². The molecule has 16 heteroatoms. The number of nitrogens with one attached hydrogen (secondary N) is 1. The molecule has 0 bridgehead atoms. The average Bonchev–Trinajstić information content (AvgIpc) is 3.20. The third-order valence-electron chi connectivity index (χ3n) is 5.96. The minimum Gasteiger partial charge on any atom is -0.495 e. The van der Waals surface area contributed by atoms with Gasteiger partial charge in [0.05, 0.1) is 29.1 Å². The number of nitro groups is 1. The normalized spacial score (nSPS) is 14.1. The number of methoxy groups -OCH3 is 2. The smallest absolute Gasteiger partial charge is 0.339 e. The Labute approximate surface area is 254 Å². The van der Waals surface area contributed by atoms with Crippen LogP contribution in [0.4, 0.5) is 16.2 Å². The van der Waals surface area contributed by atoms with Gasteiger partial charge >= 0.3 is 10.1 Å². The molecule has 1 saturated heterocycles. The van der Waals surface area contributed by atoms with Crippen molar-refractivity contribution in [3.8, 4) is 17.2 Å². The molecule has 0 aliphatic carbocycles. The first-order chi connectivity index (χ1) is 20.3. The van der Waals surface area contributed by atoms with Gasteiger partial charge in [-0.25, -0.2) is 0 Å². The summed E-state index contributed by atoms with van der Waals surface area (Å²) in [5, 5.41) is 13.4. The number of amides is 3. The van der Waals surface area contributed by atoms with E-state index in [0.717, 1.165) is 11.0 Å². The fourth-order valence-corrected chi connectivity index (χ4v) is 5.88. The zero-order chi connectivity index (χ0) is 31.5. The Balaban J connectivity index is 1.49. The first-order valence-corrected chi connectivity index (χ1v) is 14.7. The highest BCUT2D eigenvalue weighted by molar-refractivity contribution is 8.18. The molecule has 0 unspecified atom stereocenters. The van der Waals surface area contributed by atoms with Crippen molar-refractivity contribution in [2.75, 3.05) is 26.1 Å². The van der Waals surface area contributed by atoms with E-state index in [4.69, 9.17) is 25.3 Å². The zero-order valence-electron chi connectivity index (χ0n) is 22.7. The molecule has 0 atom stereocenters. The molecule has 0 aromatic heterocycles. The van der Waals surface area contributed by atoms with Gasteiger partial charge in [0.15, 0.2) is 11.5 Å². The Morgan fingerprint density at radius 2 is 1.74 bits per heavy atom. The Bertz CT molecular complexity index is 1790. The van der Waals surface area contributed by atoms with Crippen molar-refractivity contribution < 1.29 is 41.4 Å². The molecule has 1 fully saturated rings. The van der Waals surface area contributed by atoms with Crippen LogP contribution in [0.5, 0.6) is 17.2 Å². The fraction of sp³-hybridized carbons (Fsp3) is 0.148. The second-order valence-corrected chi connectivity index (χ2v) is 11.8. The molecule has 0 spiro atoms. The van der Waals surface area contributed by atoms with E-state index in [1.54, 1.807) is 12.1 Å². The van der Waals surface area contributed by atoms with Gasteiger partial charge in [-0.3, -0.25) is 29.4 Å². The number of imide groups is 1. The van der Waals surface area contributed by atoms with E-state index in [1.807, 2.05) is 0 Å². The van der Waals surface area contributed by atoms with Crippen molar-refractivity contribution in [2.45, 2.75) is 11.8 Å². The van der Waals surface area contributed by atoms with Crippen molar-refractivity contribution in [1.29, 1.82) is 0 Å². The van der Waals surface area contributed by atoms with Crippen molar-refractivity contribution in [3.05, 3.63) is 85.8 Å². The van der Waals surface area contributed by atoms with Crippen LogP contribution in [0.3, 0.4) is 0 Å². The maximum absolute atomic E-state index is 12.9. The number of thioether (sulfide) groups is 1. The van der Waals surface area contributed by atoms with Crippen molar-refractivity contribution in [1.82, 2.24) is 4.90 Å². The molecule has 43 heavy (non-hydrogen) atoms. The number of carbonyl (C=O) groups excluding carboxylic acids is 3. The third kappa shape index (κ3) is 7.07. The number of nitrogens with zero attached hydrogens (tertiary/aromatic N) is 2. The number of benzene rings is 3. The molecule has 224 valence electrons. The summed E-state index contributed by atoms with van der Waals surface area (Å²) in [6.07, 6.45) is 1.37. The van der Waals surface area contributed by atoms with Gasteiger partial charge in [0, 0.05) is 17.3 Å². The van der Waals surface area contributed by atoms with Crippen molar-refractivity contribution in [2.24, 2.45) is 0 Å². The standard InChI is InChI=1S/C27H22ClN3O10S2/c1-15-4-7-18(13-20(15)31(35)36)43(37,38)41-22-8-5-16(10-23(22)40-3)11-24-26(33)30(27(34)42-24)14-25(32)29-17-6-9-21(39-2)19(28)12-17/h4-13H,14H2,1-3H3,(H,29,32)/b24-11-. The fourth-order valence-electron chi connectivity index (χ4n) is 3.83. The summed E-state index contributed by atoms with van der Waals surface area (Å²) in [5.74, 6) is -1.18. The summed E-state index contributed by atoms with van der Waals surface area (Å²) < 4.78 is 41.2. The lowest BCUT2D eigenvalue weighted by molar-refractivity contribution is -0.385. The van der Waals surface area contributed by atoms with Crippen molar-refractivity contribution >= 4 is 68.0 Å². The van der Waals surface area contributed by atoms with Crippen LogP contribution < -0.4 is 19.0 Å². The number of ether oxygens (including phenoxy) is 2. The van der Waals surface area contributed by atoms with Gasteiger partial charge in [-0.15, -0.1) is 0 Å². The Morgan fingerprint density at radius 3 is 2.40 bits per heavy atom. The number of nitro benzene ring substituents is 1. The molecule has 1 N–H and O–H groups in total. The second kappa shape index (κ2) is 12.7. The van der Waals surface area contributed by atoms with Gasteiger partial charge in [0.2, 0.25) is 5.91 Å². The van der Waals surface area contributed by atoms with Crippen LogP contribution in [-0.2, 0) is 19.7 Å². The number of aryl methyl sites for hydroxylation is 1. The molecule has 1 aliphatic heterocycles. The molecule has 3 aromatic carbocycles. The Morgan fingerprint density at radius 1 is 1.05 bits per heavy atom. The highest BCUT2D eigenvalue weighted by Crippen LogP contribution is 2.36. The molecule has 0 radical (unpaired) electrons. The van der Waals surface area contributed by atoms with Crippen LogP contribution in [0.2, 0.25) is 5.02 Å². The Kier molecular flexibility index (Phi) is 9.27. The number of hydrogen-bond donors (Lipinski definition) is 1. The van der Waals surface area contributed by atoms with E-state index in [2.05, 4.69) is 5.32 Å². The summed E-state index contributed by atoms with van der Waals surface area (Å²) in [6, 6.07) is 12.0. The van der Waals surface area contributed by atoms with Gasteiger partial charge in [-0.05, 0) is 66.7 Å². The van der Waals surface area contributed by atoms with Crippen LogP contribution in [0.1, 0.15) is 11.1 Å². The summed E-state index contributed by atoms with van der Waals surface area (Å²) >= 11 is 6.68. The maximum atomic E-state index is 12.9. The molecule has 0 saturated carbocycles. The quantitative estimate of drug-likeness (QED) is 0.136. The van der Waals surface area contributed by atoms with Gasteiger partial charge in [0.25, 0.3) is 16.8 Å². The topological polar surface area (TPSA) is 171 Å². The van der Waals surface area contributed by atoms with Crippen LogP contribution in [0.15, 0.2) is 64.4 Å². The van der Waals surface area contributed by atoms with E-state index in [0.29, 0.717) is 28.8 Å². The lowest BCUT2D eigenvalue weighted by atomic mass is 10.2. The van der Waals surface area contributed by atoms with Crippen LogP contribution in [0.25, 0.3) is 6.08 Å². The van der Waals surface area contributed by atoms with E-state index in [-0.39, 0.29) is 32.7 Å². The minimum atomic E-state index is -4.48. The molecule has 1 heterocycles. The minimum absolute atomic E-state index is 0.0144. The SMILES string of the molecule is COc1ccc(NC(=O)CN2C(=O)S/C(=C\c3ccc(OS(=O)(=O)c4ccc(C)c([N+](=O)[O-])c4)c(OC)c3)C2=O)cc1Cl. The highest BCUT2D eigenvalue weighted by atomic mass is 35.5. The van der Waals surface area contributed by atoms with E-state index >= 15 is 0 Å². The van der Waals surface area contributed by atoms with Gasteiger partial charge < -0.3 is 19.0 Å². The predicted molar refractivity (Wildman–Crippen MR) is 158 cm³/mol. The number of halogens is 1. The number of hydrogen-bond acceptors (Lipinski definition) is 11. The zero-order valence-corrected chi connectivity index (χ0v) is 25.0. The highest BCUT2D eigenvalue weighted by Gasteiger charge is 2.36. The summed E-state index contributed by atoms with van der Waals surface area (Å²) in [6.45, 7) is 0.927. The molecular formula is C27H22ClN3O10S2. The third-order valence-corrected chi connectivity index (χ3v) is 8.39. The van der Waals surface area contributed by atoms with E-state index in [1.165, 1.54) is 63.6 Å². The first-order valence-electron chi connectivity index (χ1n) is 12.1. The number of anilines is 1. The maximum Gasteiger partial charge on any atom is 0.339 e. The molecule has 13 nitrogen and oxygen atoms in total. The largest absolute Gasteiger partial charge is 0.495 e. The van der Waals surface area contributed by atoms with Crippen LogP contribution >= 0.6 is 23.4 Å². The molecule has 3 aromatic rings. The molecule has 3 amide bonds. The summed E-state index contributed by atoms with van der Waals surface area (Å²) in [5.41, 5.74) is 0.590. The Hall–Kier alpha value is -4.60. The molecule has 1 aliphatic rings. The second-order valence-electron chi connectivity index (χ2n) is 8.82. The molecular weight excluding hydrogens is 626 g/mol. The molecule has 4 rings (SSSR count). The average molecular weight is 648 g/mol. The number of rotatable bonds is 10.